The average Bonchev–Trinajstić information content (AvgIpc) is 3.21. The molecule has 2 fully saturated rings. The fourth-order valence-corrected chi connectivity index (χ4v) is 5.37. The quantitative estimate of drug-likeness (QED) is 0.666. The van der Waals surface area contributed by atoms with Gasteiger partial charge in [0.15, 0.2) is 5.78 Å². The van der Waals surface area contributed by atoms with Crippen LogP contribution in [0, 0.1) is 5.41 Å². The molecule has 1 atom stereocenters. The van der Waals surface area contributed by atoms with Crippen molar-refractivity contribution in [3.05, 3.63) is 21.3 Å². The first-order chi connectivity index (χ1) is 12.8. The Labute approximate surface area is 169 Å². The van der Waals surface area contributed by atoms with Crippen LogP contribution in [0.3, 0.4) is 0 Å². The number of carbonyl (C=O) groups excluding carboxylic acids is 3. The third-order valence-corrected chi connectivity index (χ3v) is 7.36. The van der Waals surface area contributed by atoms with Crippen molar-refractivity contribution in [3.8, 4) is 0 Å². The number of halogens is 1. The van der Waals surface area contributed by atoms with E-state index in [1.54, 1.807) is 36.0 Å². The molecule has 1 saturated heterocycles. The van der Waals surface area contributed by atoms with E-state index in [9.17, 15) is 14.4 Å². The maximum atomic E-state index is 13.0. The van der Waals surface area contributed by atoms with Crippen molar-refractivity contribution in [1.29, 1.82) is 0 Å². The summed E-state index contributed by atoms with van der Waals surface area (Å²) in [6, 6.07) is 3.15. The first-order valence-electron chi connectivity index (χ1n) is 9.60. The van der Waals surface area contributed by atoms with Crippen molar-refractivity contribution in [2.75, 3.05) is 20.6 Å². The molecule has 1 aromatic heterocycles. The van der Waals surface area contributed by atoms with E-state index in [0.717, 1.165) is 32.1 Å². The second kappa shape index (κ2) is 8.31. The summed E-state index contributed by atoms with van der Waals surface area (Å²) >= 11 is 7.28. The lowest BCUT2D eigenvalue weighted by molar-refractivity contribution is -0.142. The predicted molar refractivity (Wildman–Crippen MR) is 107 cm³/mol. The lowest BCUT2D eigenvalue weighted by Crippen LogP contribution is -2.44. The third kappa shape index (κ3) is 4.54. The molecule has 1 unspecified atom stereocenters. The maximum absolute atomic E-state index is 13.0. The molecule has 5 nitrogen and oxygen atoms in total. The lowest BCUT2D eigenvalue weighted by Gasteiger charge is -2.38. The minimum atomic E-state index is -0.366. The van der Waals surface area contributed by atoms with E-state index in [1.807, 2.05) is 0 Å². The largest absolute Gasteiger partial charge is 0.344 e. The first-order valence-corrected chi connectivity index (χ1v) is 10.8. The van der Waals surface area contributed by atoms with E-state index < -0.39 is 0 Å². The Hall–Kier alpha value is -1.40. The van der Waals surface area contributed by atoms with Crippen LogP contribution in [0.25, 0.3) is 0 Å². The Balaban J connectivity index is 1.71. The molecule has 1 aliphatic heterocycles. The molecule has 2 heterocycles. The summed E-state index contributed by atoms with van der Waals surface area (Å²) in [6.07, 6.45) is 6.39. The molecule has 27 heavy (non-hydrogen) atoms. The highest BCUT2D eigenvalue weighted by molar-refractivity contribution is 7.18. The number of rotatable bonds is 6. The van der Waals surface area contributed by atoms with Crippen molar-refractivity contribution < 1.29 is 14.4 Å². The van der Waals surface area contributed by atoms with E-state index >= 15 is 0 Å². The van der Waals surface area contributed by atoms with Gasteiger partial charge in [-0.25, -0.2) is 0 Å². The van der Waals surface area contributed by atoms with Crippen molar-refractivity contribution >= 4 is 40.5 Å². The fraction of sp³-hybridized carbons (Fsp3) is 0.650. The molecule has 0 radical (unpaired) electrons. The van der Waals surface area contributed by atoms with E-state index in [4.69, 9.17) is 11.6 Å². The molecule has 2 amide bonds. The summed E-state index contributed by atoms with van der Waals surface area (Å²) in [5.41, 5.74) is -0.301. The van der Waals surface area contributed by atoms with Gasteiger partial charge in [-0.1, -0.05) is 30.9 Å². The molecular formula is C20H27ClN2O3S. The van der Waals surface area contributed by atoms with E-state index in [1.165, 1.54) is 11.3 Å². The smallest absolute Gasteiger partial charge is 0.245 e. The van der Waals surface area contributed by atoms with Gasteiger partial charge in [0.25, 0.3) is 0 Å². The SMILES string of the molecule is CN1CCC(N(C)C(=O)CC2(CC(=O)c3ccc(Cl)s3)CCCCC2)C1=O. The predicted octanol–water partition coefficient (Wildman–Crippen LogP) is 4.00. The topological polar surface area (TPSA) is 57.7 Å². The minimum Gasteiger partial charge on any atom is -0.344 e. The second-order valence-corrected chi connectivity index (χ2v) is 9.73. The van der Waals surface area contributed by atoms with Crippen molar-refractivity contribution in [2.45, 2.75) is 57.4 Å². The molecule has 7 heteroatoms. The average molecular weight is 411 g/mol. The van der Waals surface area contributed by atoms with Gasteiger partial charge < -0.3 is 9.80 Å². The molecule has 0 bridgehead atoms. The zero-order chi connectivity index (χ0) is 19.6. The van der Waals surface area contributed by atoms with Gasteiger partial charge in [-0.3, -0.25) is 14.4 Å². The molecule has 1 aromatic rings. The van der Waals surface area contributed by atoms with Gasteiger partial charge in [-0.05, 0) is 36.8 Å². The monoisotopic (exact) mass is 410 g/mol. The molecule has 0 N–H and O–H groups in total. The Kier molecular flexibility index (Phi) is 6.26. The summed E-state index contributed by atoms with van der Waals surface area (Å²) in [4.78, 5) is 42.0. The summed E-state index contributed by atoms with van der Waals surface area (Å²) < 4.78 is 0.607. The Bertz CT molecular complexity index is 727. The van der Waals surface area contributed by atoms with Crippen molar-refractivity contribution in [1.82, 2.24) is 9.80 Å². The number of ketones is 1. The van der Waals surface area contributed by atoms with Crippen LogP contribution < -0.4 is 0 Å². The second-order valence-electron chi connectivity index (χ2n) is 8.01. The number of likely N-dealkylation sites (tertiary alicyclic amines) is 1. The van der Waals surface area contributed by atoms with Crippen LogP contribution in [0.2, 0.25) is 4.34 Å². The standard InChI is InChI=1S/C20H27ClN2O3S/c1-22-11-8-14(19(22)26)23(2)18(25)13-20(9-4-3-5-10-20)12-15(24)16-6-7-17(21)27-16/h6-7,14H,3-5,8-13H2,1-2H3. The first kappa shape index (κ1) is 20.3. The Morgan fingerprint density at radius 3 is 2.52 bits per heavy atom. The summed E-state index contributed by atoms with van der Waals surface area (Å²) in [5, 5.41) is 0. The van der Waals surface area contributed by atoms with Gasteiger partial charge in [0.05, 0.1) is 9.21 Å². The number of carbonyl (C=O) groups is 3. The number of hydrogen-bond acceptors (Lipinski definition) is 4. The van der Waals surface area contributed by atoms with Crippen LogP contribution in [-0.2, 0) is 9.59 Å². The van der Waals surface area contributed by atoms with Crippen LogP contribution in [0.5, 0.6) is 0 Å². The molecule has 1 aliphatic carbocycles. The van der Waals surface area contributed by atoms with Crippen molar-refractivity contribution in [2.24, 2.45) is 5.41 Å². The van der Waals surface area contributed by atoms with Gasteiger partial charge >= 0.3 is 0 Å². The third-order valence-electron chi connectivity index (χ3n) is 6.08. The summed E-state index contributed by atoms with van der Waals surface area (Å²) in [6.45, 7) is 0.684. The van der Waals surface area contributed by atoms with Crippen LogP contribution in [0.15, 0.2) is 12.1 Å². The van der Waals surface area contributed by atoms with Crippen LogP contribution >= 0.6 is 22.9 Å². The summed E-state index contributed by atoms with van der Waals surface area (Å²) in [7, 11) is 3.50. The molecule has 0 aromatic carbocycles. The number of Topliss-reactive ketones (excluding diaryl/α,β-unsaturated/α-hetero) is 1. The maximum Gasteiger partial charge on any atom is 0.245 e. The zero-order valence-electron chi connectivity index (χ0n) is 16.0. The Morgan fingerprint density at radius 2 is 1.96 bits per heavy atom. The minimum absolute atomic E-state index is 0.00727. The number of amides is 2. The molecular weight excluding hydrogens is 384 g/mol. The summed E-state index contributed by atoms with van der Waals surface area (Å²) in [5.74, 6) is 0.0522. The molecule has 3 rings (SSSR count). The van der Waals surface area contributed by atoms with Crippen molar-refractivity contribution in [3.63, 3.8) is 0 Å². The highest BCUT2D eigenvalue weighted by atomic mass is 35.5. The molecule has 1 saturated carbocycles. The zero-order valence-corrected chi connectivity index (χ0v) is 17.6. The molecule has 148 valence electrons. The van der Waals surface area contributed by atoms with Gasteiger partial charge in [0.2, 0.25) is 11.8 Å². The normalized spacial score (nSPS) is 22.1. The van der Waals surface area contributed by atoms with Crippen LogP contribution in [-0.4, -0.2) is 54.1 Å². The number of nitrogens with zero attached hydrogens (tertiary/aromatic N) is 2. The number of likely N-dealkylation sites (N-methyl/N-ethyl adjacent to an activating group) is 2. The highest BCUT2D eigenvalue weighted by Crippen LogP contribution is 2.44. The van der Waals surface area contributed by atoms with Crippen LogP contribution in [0.4, 0.5) is 0 Å². The van der Waals surface area contributed by atoms with Gasteiger partial charge in [0, 0.05) is 33.5 Å². The Morgan fingerprint density at radius 1 is 1.26 bits per heavy atom. The fourth-order valence-electron chi connectivity index (χ4n) is 4.39. The lowest BCUT2D eigenvalue weighted by atomic mass is 9.68. The number of thiophene rings is 1. The van der Waals surface area contributed by atoms with Gasteiger partial charge in [0.1, 0.15) is 6.04 Å². The number of hydrogen-bond donors (Lipinski definition) is 0. The van der Waals surface area contributed by atoms with E-state index in [-0.39, 0.29) is 29.1 Å². The highest BCUT2D eigenvalue weighted by Gasteiger charge is 2.40. The molecule has 2 aliphatic rings. The van der Waals surface area contributed by atoms with Gasteiger partial charge in [-0.15, -0.1) is 11.3 Å². The van der Waals surface area contributed by atoms with E-state index in [0.29, 0.717) is 35.0 Å². The van der Waals surface area contributed by atoms with Gasteiger partial charge in [-0.2, -0.15) is 0 Å². The van der Waals surface area contributed by atoms with E-state index in [2.05, 4.69) is 0 Å². The molecule has 0 spiro atoms. The van der Waals surface area contributed by atoms with Crippen LogP contribution in [0.1, 0.15) is 61.0 Å².